The first-order valence-electron chi connectivity index (χ1n) is 9.23. The van der Waals surface area contributed by atoms with E-state index in [9.17, 15) is 14.7 Å². The van der Waals surface area contributed by atoms with Gasteiger partial charge in [-0.25, -0.2) is 0 Å². The third kappa shape index (κ3) is 4.71. The molecule has 6 heteroatoms. The van der Waals surface area contributed by atoms with Gasteiger partial charge in [0, 0.05) is 24.0 Å². The minimum absolute atomic E-state index is 0.201. The fourth-order valence-corrected chi connectivity index (χ4v) is 3.55. The highest BCUT2D eigenvalue weighted by Gasteiger charge is 2.30. The maximum atomic E-state index is 12.6. The molecule has 2 atom stereocenters. The second-order valence-corrected chi connectivity index (χ2v) is 6.92. The van der Waals surface area contributed by atoms with E-state index in [1.54, 1.807) is 18.3 Å². The number of aromatic nitrogens is 2. The number of benzene rings is 1. The normalized spacial score (nSPS) is 20.8. The Bertz CT molecular complexity index is 725. The van der Waals surface area contributed by atoms with Gasteiger partial charge in [0.2, 0.25) is 0 Å². The molecule has 1 aromatic carbocycles. The number of rotatable bonds is 5. The van der Waals surface area contributed by atoms with E-state index in [2.05, 4.69) is 10.4 Å². The van der Waals surface area contributed by atoms with Crippen molar-refractivity contribution in [3.63, 3.8) is 0 Å². The molecule has 0 saturated heterocycles. The third-order valence-corrected chi connectivity index (χ3v) is 5.02. The van der Waals surface area contributed by atoms with Crippen LogP contribution in [0.25, 0.3) is 0 Å². The van der Waals surface area contributed by atoms with Gasteiger partial charge in [-0.1, -0.05) is 37.8 Å². The second kappa shape index (κ2) is 8.65. The first kappa shape index (κ1) is 18.2. The summed E-state index contributed by atoms with van der Waals surface area (Å²) >= 11 is 0. The second-order valence-electron chi connectivity index (χ2n) is 6.92. The Hall–Kier alpha value is -2.63. The molecule has 2 unspecified atom stereocenters. The highest BCUT2D eigenvalue weighted by atomic mass is 16.4. The molecule has 1 fully saturated rings. The van der Waals surface area contributed by atoms with Crippen LogP contribution in [0.4, 0.5) is 0 Å². The highest BCUT2D eigenvalue weighted by molar-refractivity contribution is 5.94. The standard InChI is InChI=1S/C20H25N3O3/c24-19(22-18-7-4-2-1-3-6-17(18)20(25)26)16-10-8-15(9-11-16)14-23-13-5-12-21-23/h5,8-13,17-18H,1-4,6-7,14H2,(H,22,24)(H,25,26). The topological polar surface area (TPSA) is 84.2 Å². The van der Waals surface area contributed by atoms with Gasteiger partial charge in [-0.15, -0.1) is 0 Å². The minimum Gasteiger partial charge on any atom is -0.481 e. The molecule has 1 aliphatic carbocycles. The Morgan fingerprint density at radius 1 is 1.12 bits per heavy atom. The quantitative estimate of drug-likeness (QED) is 0.863. The fourth-order valence-electron chi connectivity index (χ4n) is 3.55. The average molecular weight is 355 g/mol. The lowest BCUT2D eigenvalue weighted by Gasteiger charge is -2.27. The maximum absolute atomic E-state index is 12.6. The predicted octanol–water partition coefficient (Wildman–Crippen LogP) is 3.08. The Balaban J connectivity index is 1.64. The molecule has 6 nitrogen and oxygen atoms in total. The van der Waals surface area contributed by atoms with E-state index in [0.717, 1.165) is 37.7 Å². The van der Waals surface area contributed by atoms with Crippen LogP contribution in [0.3, 0.4) is 0 Å². The van der Waals surface area contributed by atoms with E-state index < -0.39 is 11.9 Å². The summed E-state index contributed by atoms with van der Waals surface area (Å²) < 4.78 is 1.82. The highest BCUT2D eigenvalue weighted by Crippen LogP contribution is 2.23. The van der Waals surface area contributed by atoms with Crippen molar-refractivity contribution in [3.8, 4) is 0 Å². The fraction of sp³-hybridized carbons (Fsp3) is 0.450. The Morgan fingerprint density at radius 3 is 2.50 bits per heavy atom. The van der Waals surface area contributed by atoms with Crippen molar-refractivity contribution in [2.24, 2.45) is 5.92 Å². The van der Waals surface area contributed by atoms with E-state index in [4.69, 9.17) is 0 Å². The zero-order chi connectivity index (χ0) is 18.4. The van der Waals surface area contributed by atoms with Crippen LogP contribution in [0.1, 0.15) is 54.4 Å². The lowest BCUT2D eigenvalue weighted by molar-refractivity contribution is -0.143. The summed E-state index contributed by atoms with van der Waals surface area (Å²) in [5.41, 5.74) is 1.61. The number of carboxylic acid groups (broad SMARTS) is 1. The van der Waals surface area contributed by atoms with Crippen molar-refractivity contribution in [1.82, 2.24) is 15.1 Å². The van der Waals surface area contributed by atoms with Crippen molar-refractivity contribution < 1.29 is 14.7 Å². The molecule has 2 aromatic rings. The number of nitrogens with zero attached hydrogens (tertiary/aromatic N) is 2. The summed E-state index contributed by atoms with van der Waals surface area (Å²) in [5.74, 6) is -1.52. The zero-order valence-corrected chi connectivity index (χ0v) is 14.8. The van der Waals surface area contributed by atoms with Crippen LogP contribution in [0.2, 0.25) is 0 Å². The van der Waals surface area contributed by atoms with Gasteiger partial charge in [0.05, 0.1) is 12.5 Å². The van der Waals surface area contributed by atoms with Crippen molar-refractivity contribution in [2.45, 2.75) is 51.1 Å². The van der Waals surface area contributed by atoms with Gasteiger partial charge in [0.25, 0.3) is 5.91 Å². The van der Waals surface area contributed by atoms with Gasteiger partial charge in [0.15, 0.2) is 0 Å². The Morgan fingerprint density at radius 2 is 1.85 bits per heavy atom. The summed E-state index contributed by atoms with van der Waals surface area (Å²) in [6.45, 7) is 0.651. The molecule has 2 N–H and O–H groups in total. The van der Waals surface area contributed by atoms with Gasteiger partial charge in [-0.2, -0.15) is 5.10 Å². The molecule has 0 radical (unpaired) electrons. The summed E-state index contributed by atoms with van der Waals surface area (Å²) in [6, 6.07) is 8.95. The van der Waals surface area contributed by atoms with Gasteiger partial charge in [0.1, 0.15) is 0 Å². The van der Waals surface area contributed by atoms with Crippen molar-refractivity contribution in [1.29, 1.82) is 0 Å². The summed E-state index contributed by atoms with van der Waals surface area (Å²) in [7, 11) is 0. The van der Waals surface area contributed by atoms with Crippen LogP contribution in [0.5, 0.6) is 0 Å². The smallest absolute Gasteiger partial charge is 0.308 e. The lowest BCUT2D eigenvalue weighted by Crippen LogP contribution is -2.43. The van der Waals surface area contributed by atoms with E-state index in [0.29, 0.717) is 18.5 Å². The summed E-state index contributed by atoms with van der Waals surface area (Å²) in [6.07, 6.45) is 9.01. The SMILES string of the molecule is O=C(NC1CCCCCCC1C(=O)O)c1ccc(Cn2cccn2)cc1. The molecule has 26 heavy (non-hydrogen) atoms. The van der Waals surface area contributed by atoms with Gasteiger partial charge in [-0.05, 0) is 36.6 Å². The number of carbonyl (C=O) groups is 2. The van der Waals surface area contributed by atoms with E-state index in [1.807, 2.05) is 29.1 Å². The zero-order valence-electron chi connectivity index (χ0n) is 14.8. The number of carboxylic acids is 1. The monoisotopic (exact) mass is 355 g/mol. The number of aliphatic carboxylic acids is 1. The van der Waals surface area contributed by atoms with Gasteiger partial charge >= 0.3 is 5.97 Å². The van der Waals surface area contributed by atoms with E-state index in [-0.39, 0.29) is 11.9 Å². The Labute approximate surface area is 153 Å². The molecule has 1 heterocycles. The molecule has 1 amide bonds. The minimum atomic E-state index is -0.813. The molecule has 1 aromatic heterocycles. The number of carbonyl (C=O) groups excluding carboxylic acids is 1. The van der Waals surface area contributed by atoms with Crippen LogP contribution >= 0.6 is 0 Å². The van der Waals surface area contributed by atoms with Crippen LogP contribution in [0.15, 0.2) is 42.7 Å². The van der Waals surface area contributed by atoms with Crippen LogP contribution in [-0.4, -0.2) is 32.8 Å². The van der Waals surface area contributed by atoms with Crippen LogP contribution < -0.4 is 5.32 Å². The van der Waals surface area contributed by atoms with Gasteiger partial charge in [-0.3, -0.25) is 14.3 Å². The largest absolute Gasteiger partial charge is 0.481 e. The average Bonchev–Trinajstić information content (AvgIpc) is 3.10. The number of amides is 1. The van der Waals surface area contributed by atoms with Crippen molar-refractivity contribution >= 4 is 11.9 Å². The molecule has 138 valence electrons. The number of hydrogen-bond donors (Lipinski definition) is 2. The molecular weight excluding hydrogens is 330 g/mol. The van der Waals surface area contributed by atoms with Crippen molar-refractivity contribution in [2.75, 3.05) is 0 Å². The molecule has 0 bridgehead atoms. The maximum Gasteiger partial charge on any atom is 0.308 e. The molecule has 0 aliphatic heterocycles. The molecule has 1 aliphatic rings. The van der Waals surface area contributed by atoms with Crippen molar-refractivity contribution in [3.05, 3.63) is 53.9 Å². The number of hydrogen-bond acceptors (Lipinski definition) is 3. The van der Waals surface area contributed by atoms with E-state index >= 15 is 0 Å². The summed E-state index contributed by atoms with van der Waals surface area (Å²) in [4.78, 5) is 24.2. The third-order valence-electron chi connectivity index (χ3n) is 5.02. The van der Waals surface area contributed by atoms with Crippen LogP contribution in [0, 0.1) is 5.92 Å². The first-order chi connectivity index (χ1) is 12.6. The van der Waals surface area contributed by atoms with E-state index in [1.165, 1.54) is 0 Å². The molecule has 1 saturated carbocycles. The molecule has 0 spiro atoms. The van der Waals surface area contributed by atoms with Crippen LogP contribution in [-0.2, 0) is 11.3 Å². The summed E-state index contributed by atoms with van der Waals surface area (Å²) in [5, 5.41) is 16.6. The molecular formula is C20H25N3O3. The predicted molar refractivity (Wildman–Crippen MR) is 97.9 cm³/mol. The first-order valence-corrected chi connectivity index (χ1v) is 9.23. The number of nitrogens with one attached hydrogen (secondary N) is 1. The van der Waals surface area contributed by atoms with Gasteiger partial charge < -0.3 is 10.4 Å². The Kier molecular flexibility index (Phi) is 6.04. The molecule has 3 rings (SSSR count). The lowest BCUT2D eigenvalue weighted by atomic mass is 9.86.